The second-order valence-electron chi connectivity index (χ2n) is 4.87. The van der Waals surface area contributed by atoms with Gasteiger partial charge in [0, 0.05) is 0 Å². The van der Waals surface area contributed by atoms with Gasteiger partial charge in [-0.1, -0.05) is 39.0 Å². The minimum absolute atomic E-state index is 0.192. The smallest absolute Gasteiger partial charge is 0.345 e. The number of carbonyl (C=O) groups excluding carboxylic acids is 3. The first kappa shape index (κ1) is 17.1. The molecule has 0 saturated carbocycles. The van der Waals surface area contributed by atoms with Gasteiger partial charge in [0.25, 0.3) is 0 Å². The third-order valence-electron chi connectivity index (χ3n) is 3.22. The van der Waals surface area contributed by atoms with E-state index in [1.165, 1.54) is 19.3 Å². The normalized spacial score (nSPS) is 14.6. The van der Waals surface area contributed by atoms with E-state index in [1.54, 1.807) is 0 Å². The zero-order valence-corrected chi connectivity index (χ0v) is 12.6. The molecule has 0 unspecified atom stereocenters. The number of carbonyl (C=O) groups is 3. The fourth-order valence-corrected chi connectivity index (χ4v) is 2.04. The Labute approximate surface area is 125 Å². The summed E-state index contributed by atoms with van der Waals surface area (Å²) in [6.07, 6.45) is 8.67. The van der Waals surface area contributed by atoms with Crippen molar-refractivity contribution in [2.45, 2.75) is 45.4 Å². The molecule has 116 valence electrons. The molecule has 0 atom stereocenters. The first-order valence-corrected chi connectivity index (χ1v) is 7.34. The Hall–Kier alpha value is -1.91. The number of ether oxygens (including phenoxy) is 2. The summed E-state index contributed by atoms with van der Waals surface area (Å²) in [4.78, 5) is 35.0. The molecule has 0 N–H and O–H groups in total. The van der Waals surface area contributed by atoms with Gasteiger partial charge in [0.1, 0.15) is 0 Å². The number of rotatable bonds is 9. The molecule has 21 heavy (non-hydrogen) atoms. The summed E-state index contributed by atoms with van der Waals surface area (Å²) in [5.74, 6) is -2.06. The molecule has 1 aliphatic rings. The van der Waals surface area contributed by atoms with E-state index in [1.807, 2.05) is 0 Å². The van der Waals surface area contributed by atoms with Crippen molar-refractivity contribution in [3.63, 3.8) is 0 Å². The lowest BCUT2D eigenvalue weighted by atomic mass is 10.0. The van der Waals surface area contributed by atoms with E-state index in [2.05, 4.69) is 11.7 Å². The third-order valence-corrected chi connectivity index (χ3v) is 3.22. The number of esters is 1. The van der Waals surface area contributed by atoms with Crippen molar-refractivity contribution in [2.24, 2.45) is 0 Å². The minimum Gasteiger partial charge on any atom is -0.488 e. The summed E-state index contributed by atoms with van der Waals surface area (Å²) in [5.41, 5.74) is -0.309. The molecule has 0 aromatic heterocycles. The monoisotopic (exact) mass is 294 g/mol. The lowest BCUT2D eigenvalue weighted by Crippen LogP contribution is -2.23. The van der Waals surface area contributed by atoms with Crippen LogP contribution in [0.15, 0.2) is 23.5 Å². The van der Waals surface area contributed by atoms with Crippen molar-refractivity contribution in [3.05, 3.63) is 23.5 Å². The standard InChI is InChI=1S/C16H22O5/c1-3-4-5-6-7-8-11-21-15-13(18)10-9-12(17)14(15)16(19)20-2/h9-10H,3-8,11H2,1-2H3. The second-order valence-corrected chi connectivity index (χ2v) is 4.87. The van der Waals surface area contributed by atoms with Crippen molar-refractivity contribution in [1.29, 1.82) is 0 Å². The first-order chi connectivity index (χ1) is 10.1. The van der Waals surface area contributed by atoms with Gasteiger partial charge in [0.15, 0.2) is 17.1 Å². The van der Waals surface area contributed by atoms with Crippen molar-refractivity contribution in [2.75, 3.05) is 13.7 Å². The maximum atomic E-state index is 11.7. The highest BCUT2D eigenvalue weighted by molar-refractivity contribution is 6.30. The van der Waals surface area contributed by atoms with Crippen molar-refractivity contribution in [1.82, 2.24) is 0 Å². The van der Waals surface area contributed by atoms with Crippen LogP contribution in [0.1, 0.15) is 45.4 Å². The molecule has 1 aliphatic carbocycles. The van der Waals surface area contributed by atoms with Crippen LogP contribution in [0.2, 0.25) is 0 Å². The van der Waals surface area contributed by atoms with E-state index in [9.17, 15) is 14.4 Å². The van der Waals surface area contributed by atoms with Crippen molar-refractivity contribution < 1.29 is 23.9 Å². The van der Waals surface area contributed by atoms with Crippen LogP contribution in [0.25, 0.3) is 0 Å². The summed E-state index contributed by atoms with van der Waals surface area (Å²) in [7, 11) is 1.16. The van der Waals surface area contributed by atoms with Crippen molar-refractivity contribution >= 4 is 17.5 Å². The Bertz CT molecular complexity index is 459. The molecule has 0 radical (unpaired) electrons. The van der Waals surface area contributed by atoms with Crippen LogP contribution in [-0.4, -0.2) is 31.3 Å². The Balaban J connectivity index is 2.54. The van der Waals surface area contributed by atoms with Gasteiger partial charge in [-0.15, -0.1) is 0 Å². The van der Waals surface area contributed by atoms with Gasteiger partial charge in [0.05, 0.1) is 13.7 Å². The van der Waals surface area contributed by atoms with Gasteiger partial charge < -0.3 is 9.47 Å². The zero-order valence-electron chi connectivity index (χ0n) is 12.6. The molecule has 0 aromatic rings. The number of ketones is 2. The molecule has 5 heteroatoms. The van der Waals surface area contributed by atoms with E-state index in [0.29, 0.717) is 6.61 Å². The number of methoxy groups -OCH3 is 1. The van der Waals surface area contributed by atoms with Gasteiger partial charge in [-0.3, -0.25) is 9.59 Å². The predicted molar refractivity (Wildman–Crippen MR) is 77.5 cm³/mol. The highest BCUT2D eigenvalue weighted by atomic mass is 16.5. The Morgan fingerprint density at radius 2 is 1.62 bits per heavy atom. The summed E-state index contributed by atoms with van der Waals surface area (Å²) in [6, 6.07) is 0. The molecule has 0 spiro atoms. The highest BCUT2D eigenvalue weighted by Gasteiger charge is 2.30. The first-order valence-electron chi connectivity index (χ1n) is 7.34. The van der Waals surface area contributed by atoms with Crippen LogP contribution in [0.4, 0.5) is 0 Å². The van der Waals surface area contributed by atoms with Crippen LogP contribution in [0.5, 0.6) is 0 Å². The molecule has 5 nitrogen and oxygen atoms in total. The van der Waals surface area contributed by atoms with Gasteiger partial charge >= 0.3 is 5.97 Å². The lowest BCUT2D eigenvalue weighted by Gasteiger charge is -2.14. The largest absolute Gasteiger partial charge is 0.488 e. The summed E-state index contributed by atoms with van der Waals surface area (Å²) >= 11 is 0. The van der Waals surface area contributed by atoms with Crippen LogP contribution < -0.4 is 0 Å². The molecule has 0 aliphatic heterocycles. The van der Waals surface area contributed by atoms with E-state index < -0.39 is 17.5 Å². The maximum Gasteiger partial charge on any atom is 0.345 e. The van der Waals surface area contributed by atoms with E-state index in [0.717, 1.165) is 38.5 Å². The molecule has 0 aromatic carbocycles. The average molecular weight is 294 g/mol. The van der Waals surface area contributed by atoms with Gasteiger partial charge in [-0.2, -0.15) is 0 Å². The molecule has 0 heterocycles. The van der Waals surface area contributed by atoms with Gasteiger partial charge in [-0.05, 0) is 18.6 Å². The fourth-order valence-electron chi connectivity index (χ4n) is 2.04. The van der Waals surface area contributed by atoms with E-state index in [-0.39, 0.29) is 11.3 Å². The molecular formula is C16H22O5. The number of hydrogen-bond acceptors (Lipinski definition) is 5. The van der Waals surface area contributed by atoms with Crippen LogP contribution in [0, 0.1) is 0 Å². The predicted octanol–water partition coefficient (Wildman–Crippen LogP) is 2.50. The molecule has 0 amide bonds. The maximum absolute atomic E-state index is 11.7. The second kappa shape index (κ2) is 9.10. The molecule has 0 fully saturated rings. The van der Waals surface area contributed by atoms with Gasteiger partial charge in [-0.25, -0.2) is 4.79 Å². The minimum atomic E-state index is -0.837. The summed E-state index contributed by atoms with van der Waals surface area (Å²) < 4.78 is 9.89. The molecule has 0 saturated heterocycles. The quantitative estimate of drug-likeness (QED) is 0.283. The molecular weight excluding hydrogens is 272 g/mol. The Morgan fingerprint density at radius 3 is 2.29 bits per heavy atom. The van der Waals surface area contributed by atoms with Crippen LogP contribution >= 0.6 is 0 Å². The molecule has 0 bridgehead atoms. The third kappa shape index (κ3) is 5.17. The average Bonchev–Trinajstić information content (AvgIpc) is 2.49. The number of hydrogen-bond donors (Lipinski definition) is 0. The fraction of sp³-hybridized carbons (Fsp3) is 0.562. The topological polar surface area (TPSA) is 69.7 Å². The van der Waals surface area contributed by atoms with Crippen LogP contribution in [0.3, 0.4) is 0 Å². The van der Waals surface area contributed by atoms with Gasteiger partial charge in [0.2, 0.25) is 5.78 Å². The van der Waals surface area contributed by atoms with E-state index in [4.69, 9.17) is 4.74 Å². The number of allylic oxidation sites excluding steroid dienone is 2. The summed E-state index contributed by atoms with van der Waals surface area (Å²) in [6.45, 7) is 2.47. The zero-order chi connectivity index (χ0) is 15.7. The SMILES string of the molecule is CCCCCCCCOC1=C(C(=O)OC)C(=O)C=CC1=O. The summed E-state index contributed by atoms with van der Waals surface area (Å²) in [5, 5.41) is 0. The van der Waals surface area contributed by atoms with E-state index >= 15 is 0 Å². The van der Waals surface area contributed by atoms with Crippen molar-refractivity contribution in [3.8, 4) is 0 Å². The number of unbranched alkanes of at least 4 members (excludes halogenated alkanes) is 5. The Kier molecular flexibility index (Phi) is 7.43. The Morgan fingerprint density at radius 1 is 1.00 bits per heavy atom. The lowest BCUT2D eigenvalue weighted by molar-refractivity contribution is -0.138. The molecule has 1 rings (SSSR count). The van der Waals surface area contributed by atoms with Crippen LogP contribution in [-0.2, 0) is 23.9 Å². The highest BCUT2D eigenvalue weighted by Crippen LogP contribution is 2.17.